The van der Waals surface area contributed by atoms with Crippen molar-refractivity contribution in [3.8, 4) is 0 Å². The summed E-state index contributed by atoms with van der Waals surface area (Å²) >= 11 is 0. The summed E-state index contributed by atoms with van der Waals surface area (Å²) in [6.45, 7) is 4.70. The maximum Gasteiger partial charge on any atom is 0.321 e. The Labute approximate surface area is 154 Å². The van der Waals surface area contributed by atoms with Gasteiger partial charge in [-0.1, -0.05) is 33.1 Å². The molecule has 3 N–H and O–H groups in total. The molecule has 1 aromatic heterocycles. The smallest absolute Gasteiger partial charge is 0.321 e. The molecule has 26 heavy (non-hydrogen) atoms. The Morgan fingerprint density at radius 3 is 2.42 bits per heavy atom. The van der Waals surface area contributed by atoms with Crippen molar-refractivity contribution in [3.05, 3.63) is 18.2 Å². The first kappa shape index (κ1) is 20.4. The van der Waals surface area contributed by atoms with E-state index in [9.17, 15) is 19.8 Å². The van der Waals surface area contributed by atoms with Crippen LogP contribution in [-0.4, -0.2) is 43.8 Å². The number of rotatable bonds is 10. The van der Waals surface area contributed by atoms with Gasteiger partial charge >= 0.3 is 11.9 Å². The third kappa shape index (κ3) is 6.12. The first-order chi connectivity index (χ1) is 12.4. The molecule has 1 heterocycles. The number of carboxylic acid groups (broad SMARTS) is 2. The molecule has 1 aliphatic carbocycles. The number of nitrogens with one attached hydrogen (secondary N) is 1. The largest absolute Gasteiger partial charge is 0.480 e. The third-order valence-electron chi connectivity index (χ3n) is 5.10. The van der Waals surface area contributed by atoms with Gasteiger partial charge in [0, 0.05) is 24.9 Å². The SMILES string of the molecule is CC(C)C[C@H](N[C@@H](Cc1cncn1CC1CCCCC1)C(=O)O)C(=O)O. The van der Waals surface area contributed by atoms with E-state index in [0.717, 1.165) is 12.2 Å². The quantitative estimate of drug-likeness (QED) is 0.589. The van der Waals surface area contributed by atoms with Gasteiger partial charge in [0.15, 0.2) is 0 Å². The summed E-state index contributed by atoms with van der Waals surface area (Å²) in [4.78, 5) is 27.3. The van der Waals surface area contributed by atoms with Crippen LogP contribution in [-0.2, 0) is 22.6 Å². The maximum absolute atomic E-state index is 11.7. The Bertz CT molecular complexity index is 593. The standard InChI is InChI=1S/C19H31N3O4/c1-13(2)8-16(18(23)24)21-17(19(25)26)9-15-10-20-12-22(15)11-14-6-4-3-5-7-14/h10,12-14,16-17,21H,3-9,11H2,1-2H3,(H,23,24)(H,25,26)/t16-,17-/m0/s1. The molecular formula is C19H31N3O4. The summed E-state index contributed by atoms with van der Waals surface area (Å²) in [5, 5.41) is 21.8. The number of aromatic nitrogens is 2. The summed E-state index contributed by atoms with van der Waals surface area (Å²) in [5.74, 6) is -1.28. The van der Waals surface area contributed by atoms with Crippen molar-refractivity contribution in [1.82, 2.24) is 14.9 Å². The average molecular weight is 365 g/mol. The van der Waals surface area contributed by atoms with Crippen LogP contribution in [0.1, 0.15) is 58.1 Å². The van der Waals surface area contributed by atoms with Gasteiger partial charge in [0.2, 0.25) is 0 Å². The first-order valence-corrected chi connectivity index (χ1v) is 9.57. The zero-order chi connectivity index (χ0) is 19.1. The number of imidazole rings is 1. The minimum absolute atomic E-state index is 0.162. The molecule has 0 unspecified atom stereocenters. The lowest BCUT2D eigenvalue weighted by atomic mass is 9.89. The second kappa shape index (κ2) is 9.71. The van der Waals surface area contributed by atoms with Crippen LogP contribution < -0.4 is 5.32 Å². The zero-order valence-electron chi connectivity index (χ0n) is 15.7. The van der Waals surface area contributed by atoms with E-state index >= 15 is 0 Å². The van der Waals surface area contributed by atoms with Crippen molar-refractivity contribution in [3.63, 3.8) is 0 Å². The maximum atomic E-state index is 11.7. The monoisotopic (exact) mass is 365 g/mol. The van der Waals surface area contributed by atoms with E-state index in [-0.39, 0.29) is 12.3 Å². The number of hydrogen-bond donors (Lipinski definition) is 3. The van der Waals surface area contributed by atoms with Crippen molar-refractivity contribution in [2.24, 2.45) is 11.8 Å². The molecule has 0 aromatic carbocycles. The van der Waals surface area contributed by atoms with Crippen LogP contribution in [0.5, 0.6) is 0 Å². The Balaban J connectivity index is 2.04. The van der Waals surface area contributed by atoms with Crippen LogP contribution in [0.2, 0.25) is 0 Å². The molecule has 1 aromatic rings. The molecule has 2 atom stereocenters. The van der Waals surface area contributed by atoms with Crippen LogP contribution in [0.4, 0.5) is 0 Å². The highest BCUT2D eigenvalue weighted by Crippen LogP contribution is 2.25. The molecule has 1 fully saturated rings. The van der Waals surface area contributed by atoms with Crippen LogP contribution in [0.3, 0.4) is 0 Å². The van der Waals surface area contributed by atoms with E-state index < -0.39 is 24.0 Å². The Kier molecular flexibility index (Phi) is 7.63. The molecule has 2 rings (SSSR count). The summed E-state index contributed by atoms with van der Waals surface area (Å²) < 4.78 is 2.03. The zero-order valence-corrected chi connectivity index (χ0v) is 15.7. The third-order valence-corrected chi connectivity index (χ3v) is 5.10. The van der Waals surface area contributed by atoms with Gasteiger partial charge in [0.1, 0.15) is 12.1 Å². The van der Waals surface area contributed by atoms with Gasteiger partial charge in [-0.15, -0.1) is 0 Å². The highest BCUT2D eigenvalue weighted by Gasteiger charge is 2.28. The number of nitrogens with zero attached hydrogens (tertiary/aromatic N) is 2. The normalized spacial score (nSPS) is 18.0. The van der Waals surface area contributed by atoms with E-state index in [1.165, 1.54) is 32.1 Å². The second-order valence-corrected chi connectivity index (χ2v) is 7.82. The van der Waals surface area contributed by atoms with Crippen LogP contribution >= 0.6 is 0 Å². The predicted molar refractivity (Wildman–Crippen MR) is 97.9 cm³/mol. The Morgan fingerprint density at radius 1 is 1.19 bits per heavy atom. The van der Waals surface area contributed by atoms with Gasteiger partial charge in [0.05, 0.1) is 6.33 Å². The van der Waals surface area contributed by atoms with E-state index in [2.05, 4.69) is 10.3 Å². The molecule has 0 spiro atoms. The molecule has 1 saturated carbocycles. The van der Waals surface area contributed by atoms with Crippen molar-refractivity contribution in [2.45, 2.75) is 77.4 Å². The topological polar surface area (TPSA) is 104 Å². The first-order valence-electron chi connectivity index (χ1n) is 9.57. The molecule has 0 saturated heterocycles. The van der Waals surface area contributed by atoms with Gasteiger partial charge < -0.3 is 14.8 Å². The summed E-state index contributed by atoms with van der Waals surface area (Å²) in [6, 6.07) is -1.82. The second-order valence-electron chi connectivity index (χ2n) is 7.82. The number of aliphatic carboxylic acids is 2. The lowest BCUT2D eigenvalue weighted by Gasteiger charge is -2.24. The molecule has 0 bridgehead atoms. The van der Waals surface area contributed by atoms with Crippen LogP contribution in [0, 0.1) is 11.8 Å². The van der Waals surface area contributed by atoms with Crippen molar-refractivity contribution in [2.75, 3.05) is 0 Å². The predicted octanol–water partition coefficient (Wildman–Crippen LogP) is 2.55. The molecule has 1 aliphatic rings. The minimum atomic E-state index is -1.04. The van der Waals surface area contributed by atoms with Gasteiger partial charge in [0.25, 0.3) is 0 Å². The van der Waals surface area contributed by atoms with Crippen LogP contribution in [0.15, 0.2) is 12.5 Å². The number of carbonyl (C=O) groups is 2. The van der Waals surface area contributed by atoms with Crippen LogP contribution in [0.25, 0.3) is 0 Å². The molecule has 146 valence electrons. The van der Waals surface area contributed by atoms with Crippen molar-refractivity contribution >= 4 is 11.9 Å². The fourth-order valence-corrected chi connectivity index (χ4v) is 3.71. The van der Waals surface area contributed by atoms with E-state index in [4.69, 9.17) is 0 Å². The summed E-state index contributed by atoms with van der Waals surface area (Å²) in [6.07, 6.45) is 10.3. The lowest BCUT2D eigenvalue weighted by molar-refractivity contribution is -0.142. The van der Waals surface area contributed by atoms with Gasteiger partial charge in [-0.3, -0.25) is 14.9 Å². The van der Waals surface area contributed by atoms with Gasteiger partial charge in [-0.05, 0) is 31.1 Å². The number of carboxylic acids is 2. The average Bonchev–Trinajstić information content (AvgIpc) is 3.00. The van der Waals surface area contributed by atoms with E-state index in [1.807, 2.05) is 18.4 Å². The number of hydrogen-bond acceptors (Lipinski definition) is 4. The molecule has 0 aliphatic heterocycles. The fourth-order valence-electron chi connectivity index (χ4n) is 3.71. The lowest BCUT2D eigenvalue weighted by Crippen LogP contribution is -2.49. The minimum Gasteiger partial charge on any atom is -0.480 e. The van der Waals surface area contributed by atoms with Crippen molar-refractivity contribution < 1.29 is 19.8 Å². The highest BCUT2D eigenvalue weighted by atomic mass is 16.4. The molecular weight excluding hydrogens is 334 g/mol. The molecule has 0 amide bonds. The van der Waals surface area contributed by atoms with E-state index in [1.54, 1.807) is 12.5 Å². The Morgan fingerprint density at radius 2 is 1.85 bits per heavy atom. The molecule has 0 radical (unpaired) electrons. The fraction of sp³-hybridized carbons (Fsp3) is 0.737. The highest BCUT2D eigenvalue weighted by molar-refractivity contribution is 5.77. The molecule has 7 heteroatoms. The van der Waals surface area contributed by atoms with Gasteiger partial charge in [-0.25, -0.2) is 4.98 Å². The molecule has 7 nitrogen and oxygen atoms in total. The summed E-state index contributed by atoms with van der Waals surface area (Å²) in [5.41, 5.74) is 0.837. The summed E-state index contributed by atoms with van der Waals surface area (Å²) in [7, 11) is 0. The Hall–Kier alpha value is -1.89. The van der Waals surface area contributed by atoms with Gasteiger partial charge in [-0.2, -0.15) is 0 Å². The van der Waals surface area contributed by atoms with Crippen molar-refractivity contribution in [1.29, 1.82) is 0 Å². The van der Waals surface area contributed by atoms with E-state index in [0.29, 0.717) is 12.3 Å².